The maximum Gasteiger partial charge on any atom is 0.228 e. The molecule has 0 aliphatic heterocycles. The van der Waals surface area contributed by atoms with Crippen LogP contribution in [0, 0.1) is 11.8 Å². The van der Waals surface area contributed by atoms with E-state index < -0.39 is 0 Å². The number of carbonyl (C=O) groups excluding carboxylic acids is 2. The number of benzene rings is 1. The van der Waals surface area contributed by atoms with Crippen LogP contribution >= 0.6 is 11.6 Å². The van der Waals surface area contributed by atoms with Crippen LogP contribution in [-0.2, 0) is 9.59 Å². The maximum atomic E-state index is 12.2. The minimum absolute atomic E-state index is 0.0614. The maximum absolute atomic E-state index is 12.2. The van der Waals surface area contributed by atoms with Crippen LogP contribution in [0.15, 0.2) is 18.2 Å². The molecule has 2 atom stereocenters. The van der Waals surface area contributed by atoms with Gasteiger partial charge in [0.2, 0.25) is 11.8 Å². The smallest absolute Gasteiger partial charge is 0.228 e. The summed E-state index contributed by atoms with van der Waals surface area (Å²) >= 11 is 6.04. The lowest BCUT2D eigenvalue weighted by Crippen LogP contribution is -2.30. The zero-order valence-corrected chi connectivity index (χ0v) is 14.5. The number of nitrogens with one attached hydrogen (secondary N) is 1. The molecule has 23 heavy (non-hydrogen) atoms. The molecular weight excluding hydrogens is 316 g/mol. The van der Waals surface area contributed by atoms with Crippen molar-refractivity contribution in [3.63, 3.8) is 0 Å². The van der Waals surface area contributed by atoms with E-state index >= 15 is 0 Å². The molecule has 2 amide bonds. The molecule has 2 rings (SSSR count). The summed E-state index contributed by atoms with van der Waals surface area (Å²) < 4.78 is 5.08. The van der Waals surface area contributed by atoms with E-state index in [1.807, 2.05) is 0 Å². The minimum Gasteiger partial charge on any atom is -0.495 e. The first kappa shape index (κ1) is 17.6. The van der Waals surface area contributed by atoms with E-state index in [9.17, 15) is 9.59 Å². The number of halogens is 1. The molecule has 6 heteroatoms. The van der Waals surface area contributed by atoms with Crippen molar-refractivity contribution >= 4 is 29.1 Å². The van der Waals surface area contributed by atoms with Gasteiger partial charge in [-0.05, 0) is 31.0 Å². The summed E-state index contributed by atoms with van der Waals surface area (Å²) in [5.41, 5.74) is 0.609. The molecule has 1 fully saturated rings. The largest absolute Gasteiger partial charge is 0.495 e. The van der Waals surface area contributed by atoms with Crippen molar-refractivity contribution in [1.29, 1.82) is 0 Å². The van der Waals surface area contributed by atoms with Crippen molar-refractivity contribution in [2.24, 2.45) is 11.8 Å². The quantitative estimate of drug-likeness (QED) is 0.830. The number of amides is 2. The average Bonchev–Trinajstić information content (AvgIpc) is 3.32. The van der Waals surface area contributed by atoms with E-state index in [1.165, 1.54) is 7.11 Å². The SMILES string of the molecule is CCCCN(C)C(=O)C1CC1C(=O)Nc1ccc(OC)c(Cl)c1. The lowest BCUT2D eigenvalue weighted by atomic mass is 10.2. The number of hydrogen-bond donors (Lipinski definition) is 1. The Bertz CT molecular complexity index is 591. The fourth-order valence-corrected chi connectivity index (χ4v) is 2.78. The van der Waals surface area contributed by atoms with Gasteiger partial charge < -0.3 is 15.0 Å². The molecule has 126 valence electrons. The number of ether oxygens (including phenoxy) is 1. The zero-order chi connectivity index (χ0) is 17.0. The van der Waals surface area contributed by atoms with Crippen molar-refractivity contribution in [2.75, 3.05) is 26.0 Å². The molecule has 0 bridgehead atoms. The van der Waals surface area contributed by atoms with Gasteiger partial charge in [0.05, 0.1) is 24.0 Å². The highest BCUT2D eigenvalue weighted by molar-refractivity contribution is 6.32. The standard InChI is InChI=1S/C17H23ClN2O3/c1-4-5-8-20(2)17(22)13-10-12(13)16(21)19-11-6-7-15(23-3)14(18)9-11/h6-7,9,12-13H,4-5,8,10H2,1-3H3,(H,19,21). The second-order valence-electron chi connectivity index (χ2n) is 5.90. The summed E-state index contributed by atoms with van der Waals surface area (Å²) in [6.07, 6.45) is 2.64. The summed E-state index contributed by atoms with van der Waals surface area (Å²) in [5.74, 6) is 0.0551. The molecule has 1 aliphatic carbocycles. The van der Waals surface area contributed by atoms with E-state index in [2.05, 4.69) is 12.2 Å². The first-order chi connectivity index (χ1) is 11.0. The highest BCUT2D eigenvalue weighted by Crippen LogP contribution is 2.41. The second kappa shape index (κ2) is 7.68. The summed E-state index contributed by atoms with van der Waals surface area (Å²) in [4.78, 5) is 26.2. The normalized spacial score (nSPS) is 19.1. The van der Waals surface area contributed by atoms with Crippen molar-refractivity contribution in [3.05, 3.63) is 23.2 Å². The minimum atomic E-state index is -0.243. The van der Waals surface area contributed by atoms with Crippen LogP contribution in [0.5, 0.6) is 5.75 Å². The van der Waals surface area contributed by atoms with Crippen LogP contribution in [0.4, 0.5) is 5.69 Å². The van der Waals surface area contributed by atoms with Gasteiger partial charge in [0, 0.05) is 19.3 Å². The topological polar surface area (TPSA) is 58.6 Å². The Kier molecular flexibility index (Phi) is 5.88. The highest BCUT2D eigenvalue weighted by atomic mass is 35.5. The van der Waals surface area contributed by atoms with Crippen LogP contribution < -0.4 is 10.1 Å². The van der Waals surface area contributed by atoms with Gasteiger partial charge in [-0.1, -0.05) is 24.9 Å². The zero-order valence-electron chi connectivity index (χ0n) is 13.8. The van der Waals surface area contributed by atoms with E-state index in [-0.39, 0.29) is 23.7 Å². The third-order valence-corrected chi connectivity index (χ3v) is 4.38. The molecule has 0 radical (unpaired) electrons. The lowest BCUT2D eigenvalue weighted by Gasteiger charge is -2.16. The number of methoxy groups -OCH3 is 1. The van der Waals surface area contributed by atoms with Gasteiger partial charge >= 0.3 is 0 Å². The van der Waals surface area contributed by atoms with E-state index in [0.29, 0.717) is 22.9 Å². The molecule has 1 saturated carbocycles. The van der Waals surface area contributed by atoms with Crippen LogP contribution in [0.1, 0.15) is 26.2 Å². The summed E-state index contributed by atoms with van der Waals surface area (Å²) in [6, 6.07) is 5.08. The van der Waals surface area contributed by atoms with E-state index in [1.54, 1.807) is 30.1 Å². The number of hydrogen-bond acceptors (Lipinski definition) is 3. The third-order valence-electron chi connectivity index (χ3n) is 4.09. The van der Waals surface area contributed by atoms with Crippen molar-refractivity contribution in [1.82, 2.24) is 4.90 Å². The summed E-state index contributed by atoms with van der Waals surface area (Å²) in [6.45, 7) is 2.83. The van der Waals surface area contributed by atoms with Crippen molar-refractivity contribution < 1.29 is 14.3 Å². The fraction of sp³-hybridized carbons (Fsp3) is 0.529. The van der Waals surface area contributed by atoms with Crippen LogP contribution in [0.2, 0.25) is 5.02 Å². The molecule has 1 aromatic rings. The molecule has 0 heterocycles. The first-order valence-electron chi connectivity index (χ1n) is 7.87. The molecule has 5 nitrogen and oxygen atoms in total. The van der Waals surface area contributed by atoms with Gasteiger partial charge in [0.1, 0.15) is 5.75 Å². The summed E-state index contributed by atoms with van der Waals surface area (Å²) in [5, 5.41) is 3.25. The molecule has 0 saturated heterocycles. The van der Waals surface area contributed by atoms with Gasteiger partial charge in [-0.3, -0.25) is 9.59 Å². The molecule has 2 unspecified atom stereocenters. The van der Waals surface area contributed by atoms with E-state index in [4.69, 9.17) is 16.3 Å². The Morgan fingerprint density at radius 3 is 2.74 bits per heavy atom. The van der Waals surface area contributed by atoms with Gasteiger partial charge in [0.25, 0.3) is 0 Å². The average molecular weight is 339 g/mol. The number of unbranched alkanes of at least 4 members (excludes halogenated alkanes) is 1. The Labute approximate surface area is 141 Å². The second-order valence-corrected chi connectivity index (χ2v) is 6.31. The van der Waals surface area contributed by atoms with Gasteiger partial charge in [-0.15, -0.1) is 0 Å². The van der Waals surface area contributed by atoms with Crippen LogP contribution in [0.25, 0.3) is 0 Å². The van der Waals surface area contributed by atoms with Crippen molar-refractivity contribution in [2.45, 2.75) is 26.2 Å². The Morgan fingerprint density at radius 2 is 2.13 bits per heavy atom. The predicted molar refractivity (Wildman–Crippen MR) is 90.8 cm³/mol. The van der Waals surface area contributed by atoms with Gasteiger partial charge in [-0.2, -0.15) is 0 Å². The number of carbonyl (C=O) groups is 2. The highest BCUT2D eigenvalue weighted by Gasteiger charge is 2.48. The Morgan fingerprint density at radius 1 is 1.39 bits per heavy atom. The molecule has 0 spiro atoms. The number of rotatable bonds is 7. The lowest BCUT2D eigenvalue weighted by molar-refractivity contribution is -0.132. The number of anilines is 1. The fourth-order valence-electron chi connectivity index (χ4n) is 2.53. The van der Waals surface area contributed by atoms with Gasteiger partial charge in [-0.25, -0.2) is 0 Å². The molecule has 1 aromatic carbocycles. The summed E-state index contributed by atoms with van der Waals surface area (Å²) in [7, 11) is 3.34. The monoisotopic (exact) mass is 338 g/mol. The predicted octanol–water partition coefficient (Wildman–Crippen LogP) is 3.18. The molecule has 0 aromatic heterocycles. The van der Waals surface area contributed by atoms with Crippen LogP contribution in [0.3, 0.4) is 0 Å². The van der Waals surface area contributed by atoms with Gasteiger partial charge in [0.15, 0.2) is 0 Å². The van der Waals surface area contributed by atoms with Crippen molar-refractivity contribution in [3.8, 4) is 5.75 Å². The van der Waals surface area contributed by atoms with Crippen LogP contribution in [-0.4, -0.2) is 37.4 Å². The molecular formula is C17H23ClN2O3. The molecule has 1 N–H and O–H groups in total. The van der Waals surface area contributed by atoms with E-state index in [0.717, 1.165) is 19.4 Å². The Hall–Kier alpha value is -1.75. The number of nitrogens with zero attached hydrogens (tertiary/aromatic N) is 1. The molecule has 1 aliphatic rings. The third kappa shape index (κ3) is 4.38. The Balaban J connectivity index is 1.88. The first-order valence-corrected chi connectivity index (χ1v) is 8.25.